The standard InChI is InChI=1S/C23H27F2N7O2/c1-13(2)32-23(34-17-6-7-18(24)19(25)9-17)28-22(30-32)27-21-14-4-5-15(21)12-31(11-14)16-8-20(33-3)29-26-10-16/h6-10,13-15,21H,4-5,11-12H2,1-3H3,(H,27,30). The van der Waals surface area contributed by atoms with E-state index in [0.29, 0.717) is 23.7 Å². The van der Waals surface area contributed by atoms with Crippen LogP contribution in [0.25, 0.3) is 0 Å². The molecule has 1 aliphatic carbocycles. The maximum absolute atomic E-state index is 13.6. The molecule has 3 aromatic rings. The average molecular weight is 472 g/mol. The van der Waals surface area contributed by atoms with E-state index in [1.807, 2.05) is 19.9 Å². The van der Waals surface area contributed by atoms with E-state index >= 15 is 0 Å². The van der Waals surface area contributed by atoms with Crippen molar-refractivity contribution in [1.29, 1.82) is 0 Å². The second-order valence-corrected chi connectivity index (χ2v) is 9.06. The summed E-state index contributed by atoms with van der Waals surface area (Å²) in [5, 5.41) is 16.1. The van der Waals surface area contributed by atoms with Crippen molar-refractivity contribution in [2.45, 2.75) is 38.8 Å². The first-order chi connectivity index (χ1) is 16.4. The Balaban J connectivity index is 1.32. The quantitative estimate of drug-likeness (QED) is 0.552. The van der Waals surface area contributed by atoms with Crippen molar-refractivity contribution in [3.8, 4) is 17.6 Å². The Hall–Kier alpha value is -3.50. The van der Waals surface area contributed by atoms with Crippen molar-refractivity contribution < 1.29 is 18.3 Å². The molecule has 2 unspecified atom stereocenters. The number of ether oxygens (including phenoxy) is 2. The molecule has 1 saturated carbocycles. The summed E-state index contributed by atoms with van der Waals surface area (Å²) in [6.45, 7) is 5.67. The monoisotopic (exact) mass is 471 g/mol. The van der Waals surface area contributed by atoms with Gasteiger partial charge in [0, 0.05) is 31.3 Å². The van der Waals surface area contributed by atoms with Crippen LogP contribution in [-0.2, 0) is 0 Å². The van der Waals surface area contributed by atoms with Crippen LogP contribution in [-0.4, -0.2) is 51.2 Å². The molecule has 1 aromatic carbocycles. The van der Waals surface area contributed by atoms with Gasteiger partial charge < -0.3 is 19.7 Å². The van der Waals surface area contributed by atoms with E-state index in [9.17, 15) is 8.78 Å². The van der Waals surface area contributed by atoms with Crippen molar-refractivity contribution in [2.24, 2.45) is 11.8 Å². The number of methoxy groups -OCH3 is 1. The van der Waals surface area contributed by atoms with Crippen LogP contribution < -0.4 is 19.7 Å². The van der Waals surface area contributed by atoms with E-state index in [1.165, 1.54) is 6.07 Å². The summed E-state index contributed by atoms with van der Waals surface area (Å²) in [7, 11) is 1.58. The summed E-state index contributed by atoms with van der Waals surface area (Å²) in [6.07, 6.45) is 3.98. The van der Waals surface area contributed by atoms with Gasteiger partial charge in [-0.05, 0) is 50.7 Å². The zero-order valence-electron chi connectivity index (χ0n) is 19.3. The highest BCUT2D eigenvalue weighted by atomic mass is 19.2. The molecule has 9 nitrogen and oxygen atoms in total. The van der Waals surface area contributed by atoms with Gasteiger partial charge in [0.2, 0.25) is 11.8 Å². The highest BCUT2D eigenvalue weighted by Gasteiger charge is 2.43. The highest BCUT2D eigenvalue weighted by molar-refractivity contribution is 5.48. The number of aromatic nitrogens is 5. The Morgan fingerprint density at radius 1 is 1.09 bits per heavy atom. The number of hydrogen-bond acceptors (Lipinski definition) is 8. The summed E-state index contributed by atoms with van der Waals surface area (Å²) in [5.74, 6) is 0.0593. The van der Waals surface area contributed by atoms with Crippen LogP contribution in [0.5, 0.6) is 17.6 Å². The summed E-state index contributed by atoms with van der Waals surface area (Å²) in [6, 6.07) is 5.73. The van der Waals surface area contributed by atoms with Crippen molar-refractivity contribution in [1.82, 2.24) is 25.0 Å². The van der Waals surface area contributed by atoms with Crippen LogP contribution in [0.2, 0.25) is 0 Å². The van der Waals surface area contributed by atoms with Crippen molar-refractivity contribution in [3.63, 3.8) is 0 Å². The molecule has 11 heteroatoms. The van der Waals surface area contributed by atoms with Crippen LogP contribution in [0.1, 0.15) is 32.7 Å². The van der Waals surface area contributed by atoms with Crippen molar-refractivity contribution in [3.05, 3.63) is 42.1 Å². The van der Waals surface area contributed by atoms with Gasteiger partial charge in [-0.2, -0.15) is 10.1 Å². The maximum Gasteiger partial charge on any atom is 0.322 e. The lowest BCUT2D eigenvalue weighted by Crippen LogP contribution is -2.48. The number of anilines is 2. The van der Waals surface area contributed by atoms with Gasteiger partial charge >= 0.3 is 6.01 Å². The Labute approximate surface area is 196 Å². The van der Waals surface area contributed by atoms with E-state index in [1.54, 1.807) is 18.0 Å². The van der Waals surface area contributed by atoms with Gasteiger partial charge in [-0.25, -0.2) is 13.5 Å². The van der Waals surface area contributed by atoms with Gasteiger partial charge in [0.05, 0.1) is 25.0 Å². The Kier molecular flexibility index (Phi) is 5.93. The van der Waals surface area contributed by atoms with Crippen molar-refractivity contribution >= 4 is 11.6 Å². The molecular formula is C23H27F2N7O2. The lowest BCUT2D eigenvalue weighted by molar-refractivity contribution is 0.371. The van der Waals surface area contributed by atoms with Crippen molar-refractivity contribution in [2.75, 3.05) is 30.4 Å². The zero-order valence-corrected chi connectivity index (χ0v) is 19.3. The third kappa shape index (κ3) is 4.34. The number of rotatable bonds is 7. The molecule has 2 atom stereocenters. The van der Waals surface area contributed by atoms with Crippen LogP contribution in [0, 0.1) is 23.5 Å². The van der Waals surface area contributed by atoms with Gasteiger partial charge in [0.15, 0.2) is 11.6 Å². The minimum absolute atomic E-state index is 0.0314. The van der Waals surface area contributed by atoms with Gasteiger partial charge in [0.1, 0.15) is 5.75 Å². The summed E-state index contributed by atoms with van der Waals surface area (Å²) in [5.41, 5.74) is 1.01. The molecule has 180 valence electrons. The number of piperidine rings is 1. The number of hydrogen-bond donors (Lipinski definition) is 1. The van der Waals surface area contributed by atoms with E-state index < -0.39 is 11.6 Å². The molecule has 5 rings (SSSR count). The number of halogens is 2. The lowest BCUT2D eigenvalue weighted by atomic mass is 9.92. The molecule has 3 heterocycles. The maximum atomic E-state index is 13.6. The predicted molar refractivity (Wildman–Crippen MR) is 121 cm³/mol. The predicted octanol–water partition coefficient (Wildman–Crippen LogP) is 4.06. The van der Waals surface area contributed by atoms with E-state index in [0.717, 1.165) is 43.8 Å². The van der Waals surface area contributed by atoms with Crippen LogP contribution in [0.15, 0.2) is 30.5 Å². The van der Waals surface area contributed by atoms with E-state index in [-0.39, 0.29) is 23.8 Å². The topological polar surface area (TPSA) is 90.2 Å². The largest absolute Gasteiger partial charge is 0.480 e. The third-order valence-corrected chi connectivity index (χ3v) is 6.51. The lowest BCUT2D eigenvalue weighted by Gasteiger charge is -2.39. The molecule has 34 heavy (non-hydrogen) atoms. The smallest absolute Gasteiger partial charge is 0.322 e. The number of benzene rings is 1. The minimum Gasteiger partial charge on any atom is -0.480 e. The molecule has 2 aromatic heterocycles. The van der Waals surface area contributed by atoms with Crippen LogP contribution in [0.4, 0.5) is 20.4 Å². The summed E-state index contributed by atoms with van der Waals surface area (Å²) >= 11 is 0. The molecule has 2 bridgehead atoms. The second kappa shape index (κ2) is 9.03. The fraction of sp³-hybridized carbons (Fsp3) is 0.478. The number of fused-ring (bicyclic) bond motifs is 2. The third-order valence-electron chi connectivity index (χ3n) is 6.51. The first kappa shape index (κ1) is 22.3. The first-order valence-corrected chi connectivity index (χ1v) is 11.4. The molecule has 2 aliphatic rings. The van der Waals surface area contributed by atoms with Gasteiger partial charge in [-0.15, -0.1) is 10.2 Å². The van der Waals surface area contributed by atoms with Crippen LogP contribution in [0.3, 0.4) is 0 Å². The number of nitrogens with zero attached hydrogens (tertiary/aromatic N) is 6. The second-order valence-electron chi connectivity index (χ2n) is 9.06. The van der Waals surface area contributed by atoms with Gasteiger partial charge in [-0.1, -0.05) is 0 Å². The van der Waals surface area contributed by atoms with Gasteiger partial charge in [0.25, 0.3) is 0 Å². The molecule has 1 aliphatic heterocycles. The molecular weight excluding hydrogens is 444 g/mol. The fourth-order valence-electron chi connectivity index (χ4n) is 4.85. The Morgan fingerprint density at radius 2 is 1.85 bits per heavy atom. The first-order valence-electron chi connectivity index (χ1n) is 11.4. The van der Waals surface area contributed by atoms with Gasteiger partial charge in [-0.3, -0.25) is 0 Å². The molecule has 2 fully saturated rings. The SMILES string of the molecule is COc1cc(N2CC3CCC(C2)C3Nc2nc(Oc3ccc(F)c(F)c3)n(C(C)C)n2)cnn1. The average Bonchev–Trinajstić information content (AvgIpc) is 3.32. The summed E-state index contributed by atoms with van der Waals surface area (Å²) < 4.78 is 39.5. The van der Waals surface area contributed by atoms with Crippen LogP contribution >= 0.6 is 0 Å². The highest BCUT2D eigenvalue weighted by Crippen LogP contribution is 2.40. The molecule has 0 amide bonds. The fourth-order valence-corrected chi connectivity index (χ4v) is 4.85. The molecule has 0 radical (unpaired) electrons. The molecule has 0 spiro atoms. The number of nitrogens with one attached hydrogen (secondary N) is 1. The Bertz CT molecular complexity index is 1160. The zero-order chi connectivity index (χ0) is 23.8. The molecule has 1 saturated heterocycles. The Morgan fingerprint density at radius 3 is 2.53 bits per heavy atom. The minimum atomic E-state index is -0.975. The van der Waals surface area contributed by atoms with E-state index in [2.05, 4.69) is 30.5 Å². The summed E-state index contributed by atoms with van der Waals surface area (Å²) in [4.78, 5) is 6.85. The molecule has 1 N–H and O–H groups in total. The normalized spacial score (nSPS) is 21.7. The van der Waals surface area contributed by atoms with E-state index in [4.69, 9.17) is 9.47 Å².